The van der Waals surface area contributed by atoms with E-state index in [1.165, 1.54) is 0 Å². The molecule has 3 aromatic rings. The summed E-state index contributed by atoms with van der Waals surface area (Å²) in [7, 11) is -1.15. The van der Waals surface area contributed by atoms with Crippen LogP contribution in [0.15, 0.2) is 97.6 Å². The molecule has 0 radical (unpaired) electrons. The Balaban J connectivity index is 0.000000465. The van der Waals surface area contributed by atoms with Crippen LogP contribution >= 0.6 is 23.2 Å². The van der Waals surface area contributed by atoms with Gasteiger partial charge < -0.3 is 4.90 Å². The predicted molar refractivity (Wildman–Crippen MR) is 180 cm³/mol. The Kier molecular flexibility index (Phi) is 14.1. The topological polar surface area (TPSA) is 40.6 Å². The van der Waals surface area contributed by atoms with Gasteiger partial charge in [-0.1, -0.05) is 98.6 Å². The van der Waals surface area contributed by atoms with E-state index in [2.05, 4.69) is 11.5 Å². The Labute approximate surface area is 265 Å². The third-order valence-corrected chi connectivity index (χ3v) is 9.43. The van der Waals surface area contributed by atoms with Crippen LogP contribution in [-0.2, 0) is 15.8 Å². The van der Waals surface area contributed by atoms with Crippen molar-refractivity contribution in [1.29, 1.82) is 0 Å². The molecule has 42 heavy (non-hydrogen) atoms. The number of anilines is 1. The molecule has 0 spiro atoms. The molecule has 0 bridgehead atoms. The van der Waals surface area contributed by atoms with Gasteiger partial charge in [0.25, 0.3) is 0 Å². The molecule has 1 heterocycles. The summed E-state index contributed by atoms with van der Waals surface area (Å²) in [6.07, 6.45) is 6.54. The molecule has 1 aliphatic carbocycles. The molecule has 226 valence electrons. The lowest BCUT2D eigenvalue weighted by Gasteiger charge is -2.45. The van der Waals surface area contributed by atoms with Crippen molar-refractivity contribution >= 4 is 45.8 Å². The van der Waals surface area contributed by atoms with Gasteiger partial charge in [0.1, 0.15) is 11.0 Å². The first kappa shape index (κ1) is 33.9. The lowest BCUT2D eigenvalue weighted by Crippen LogP contribution is -2.54. The first-order valence-electron chi connectivity index (χ1n) is 15.0. The number of carbonyl (C=O) groups excluding carboxylic acids is 1. The van der Waals surface area contributed by atoms with Gasteiger partial charge in [0, 0.05) is 27.4 Å². The van der Waals surface area contributed by atoms with E-state index in [9.17, 15) is 9.00 Å². The Bertz CT molecular complexity index is 1250. The van der Waals surface area contributed by atoms with Gasteiger partial charge in [0.2, 0.25) is 5.91 Å². The zero-order valence-corrected chi connectivity index (χ0v) is 27.3. The SMILES string of the molecule is C=CC[C@H]1CC[C@@H](c2ccc(Cl)cc2)N(C(CN(c2ccccc2)S(=O)CC)C2CC2)C1=O.CC.Clc1ccccc1. The first-order chi connectivity index (χ1) is 20.4. The van der Waals surface area contributed by atoms with Gasteiger partial charge in [-0.3, -0.25) is 9.10 Å². The molecule has 7 heteroatoms. The van der Waals surface area contributed by atoms with E-state index >= 15 is 0 Å². The summed E-state index contributed by atoms with van der Waals surface area (Å²) in [4.78, 5) is 16.0. The average Bonchev–Trinajstić information content (AvgIpc) is 3.87. The number of rotatable bonds is 10. The molecular formula is C35H44Cl2N2O2S. The van der Waals surface area contributed by atoms with Crippen LogP contribution in [0.25, 0.3) is 0 Å². The second-order valence-electron chi connectivity index (χ2n) is 10.3. The van der Waals surface area contributed by atoms with Crippen molar-refractivity contribution in [3.63, 3.8) is 0 Å². The van der Waals surface area contributed by atoms with Crippen LogP contribution < -0.4 is 4.31 Å². The second kappa shape index (κ2) is 17.5. The summed E-state index contributed by atoms with van der Waals surface area (Å²) in [5.74, 6) is 1.15. The molecule has 0 aromatic heterocycles. The molecule has 4 nitrogen and oxygen atoms in total. The fourth-order valence-corrected chi connectivity index (χ4v) is 6.66. The highest BCUT2D eigenvalue weighted by Gasteiger charge is 2.46. The van der Waals surface area contributed by atoms with E-state index in [-0.39, 0.29) is 23.9 Å². The Morgan fingerprint density at radius 3 is 1.98 bits per heavy atom. The number of para-hydroxylation sites is 1. The monoisotopic (exact) mass is 626 g/mol. The molecule has 2 fully saturated rings. The van der Waals surface area contributed by atoms with E-state index in [0.717, 1.165) is 42.0 Å². The van der Waals surface area contributed by atoms with E-state index in [1.54, 1.807) is 0 Å². The van der Waals surface area contributed by atoms with Gasteiger partial charge in [-0.2, -0.15) is 0 Å². The highest BCUT2D eigenvalue weighted by atomic mass is 35.5. The van der Waals surface area contributed by atoms with E-state index in [1.807, 2.05) is 116 Å². The third-order valence-electron chi connectivity index (χ3n) is 7.58. The van der Waals surface area contributed by atoms with Gasteiger partial charge in [-0.05, 0) is 80.0 Å². The number of carbonyl (C=O) groups is 1. The molecule has 5 rings (SSSR count). The summed E-state index contributed by atoms with van der Waals surface area (Å²) in [6.45, 7) is 10.4. The van der Waals surface area contributed by atoms with Crippen molar-refractivity contribution in [2.75, 3.05) is 16.6 Å². The summed E-state index contributed by atoms with van der Waals surface area (Å²) in [5, 5.41) is 1.49. The average molecular weight is 628 g/mol. The fourth-order valence-electron chi connectivity index (χ4n) is 5.40. The van der Waals surface area contributed by atoms with Crippen molar-refractivity contribution in [2.45, 2.75) is 65.0 Å². The van der Waals surface area contributed by atoms with Crippen molar-refractivity contribution < 1.29 is 9.00 Å². The van der Waals surface area contributed by atoms with Gasteiger partial charge in [-0.25, -0.2) is 4.21 Å². The molecular weight excluding hydrogens is 583 g/mol. The second-order valence-corrected chi connectivity index (χ2v) is 12.9. The normalized spacial score (nSPS) is 19.4. The number of hydrogen-bond donors (Lipinski definition) is 0. The minimum absolute atomic E-state index is 0.00844. The van der Waals surface area contributed by atoms with Crippen molar-refractivity contribution in [1.82, 2.24) is 4.90 Å². The Morgan fingerprint density at radius 1 is 0.905 bits per heavy atom. The van der Waals surface area contributed by atoms with Crippen LogP contribution in [0.2, 0.25) is 10.0 Å². The highest BCUT2D eigenvalue weighted by Crippen LogP contribution is 2.44. The number of benzene rings is 3. The van der Waals surface area contributed by atoms with Crippen molar-refractivity contribution in [2.24, 2.45) is 11.8 Å². The summed E-state index contributed by atoms with van der Waals surface area (Å²) in [6, 6.07) is 27.3. The number of halogens is 2. The lowest BCUT2D eigenvalue weighted by atomic mass is 9.84. The largest absolute Gasteiger partial charge is 0.330 e. The minimum Gasteiger partial charge on any atom is -0.330 e. The fraction of sp³-hybridized carbons (Fsp3) is 0.400. The van der Waals surface area contributed by atoms with E-state index < -0.39 is 11.0 Å². The molecule has 2 unspecified atom stereocenters. The Hall–Kier alpha value is -2.60. The van der Waals surface area contributed by atoms with E-state index in [0.29, 0.717) is 29.7 Å². The maximum absolute atomic E-state index is 13.9. The number of amides is 1. The zero-order chi connectivity index (χ0) is 30.5. The molecule has 1 aliphatic heterocycles. The standard InChI is InChI=1S/C27H33ClN2O2S.C6H5Cl.C2H6/c1-3-8-22-15-18-25(20-13-16-23(28)17-14-20)30(27(22)31)26(21-11-12-21)19-29(33(32)4-2)24-9-6-5-7-10-24;7-6-4-2-1-3-5-6;1-2/h3,5-7,9-10,13-14,16-17,21-22,25-26H,1,4,8,11-12,15,18-19H2,2H3;1-5H;1-2H3/t22-,25-,26?,33?;;/m0../s1. The molecule has 0 N–H and O–H groups in total. The summed E-state index contributed by atoms with van der Waals surface area (Å²) in [5.41, 5.74) is 2.07. The molecule has 4 atom stereocenters. The summed E-state index contributed by atoms with van der Waals surface area (Å²) < 4.78 is 15.1. The quantitative estimate of drug-likeness (QED) is 0.210. The van der Waals surface area contributed by atoms with Crippen LogP contribution in [0.4, 0.5) is 5.69 Å². The number of nitrogens with zero attached hydrogens (tertiary/aromatic N) is 2. The van der Waals surface area contributed by atoms with Crippen LogP contribution in [0, 0.1) is 11.8 Å². The van der Waals surface area contributed by atoms with Crippen molar-refractivity contribution in [3.8, 4) is 0 Å². The number of piperidine rings is 1. The van der Waals surface area contributed by atoms with Crippen LogP contribution in [0.3, 0.4) is 0 Å². The lowest BCUT2D eigenvalue weighted by molar-refractivity contribution is -0.145. The number of allylic oxidation sites excluding steroid dienone is 1. The highest BCUT2D eigenvalue weighted by molar-refractivity contribution is 7.86. The first-order valence-corrected chi connectivity index (χ1v) is 17.1. The van der Waals surface area contributed by atoms with Crippen LogP contribution in [0.1, 0.15) is 64.5 Å². The van der Waals surface area contributed by atoms with Crippen LogP contribution in [0.5, 0.6) is 0 Å². The smallest absolute Gasteiger partial charge is 0.226 e. The third kappa shape index (κ3) is 9.45. The molecule has 1 amide bonds. The minimum atomic E-state index is -1.15. The van der Waals surface area contributed by atoms with Gasteiger partial charge in [0.15, 0.2) is 0 Å². The number of hydrogen-bond acceptors (Lipinski definition) is 2. The van der Waals surface area contributed by atoms with E-state index in [4.69, 9.17) is 23.2 Å². The van der Waals surface area contributed by atoms with Crippen LogP contribution in [-0.4, -0.2) is 33.4 Å². The van der Waals surface area contributed by atoms with Gasteiger partial charge in [0.05, 0.1) is 18.6 Å². The zero-order valence-electron chi connectivity index (χ0n) is 25.0. The maximum Gasteiger partial charge on any atom is 0.226 e. The molecule has 2 aliphatic rings. The molecule has 1 saturated carbocycles. The van der Waals surface area contributed by atoms with Gasteiger partial charge >= 0.3 is 0 Å². The van der Waals surface area contributed by atoms with Gasteiger partial charge in [-0.15, -0.1) is 6.58 Å². The van der Waals surface area contributed by atoms with Crippen molar-refractivity contribution in [3.05, 3.63) is 113 Å². The maximum atomic E-state index is 13.9. The molecule has 1 saturated heterocycles. The number of likely N-dealkylation sites (tertiary alicyclic amines) is 1. The predicted octanol–water partition coefficient (Wildman–Crippen LogP) is 9.53. The molecule has 3 aromatic carbocycles. The Morgan fingerprint density at radius 2 is 1.48 bits per heavy atom. The summed E-state index contributed by atoms with van der Waals surface area (Å²) >= 11 is 11.7.